The van der Waals surface area contributed by atoms with Crippen molar-refractivity contribution in [3.63, 3.8) is 0 Å². The molecule has 0 aliphatic heterocycles. The first-order valence-electron chi connectivity index (χ1n) is 13.2. The SMILES string of the molecule is C=CC(=O)OCCOC(C)c1ccc(OCCc2ccc(OCOCCOC)cc2OC)c(OCCCC)c1. The lowest BCUT2D eigenvalue weighted by Gasteiger charge is -2.18. The summed E-state index contributed by atoms with van der Waals surface area (Å²) in [5, 5.41) is 0. The molecular weight excluding hydrogens is 504 g/mol. The van der Waals surface area contributed by atoms with E-state index in [2.05, 4.69) is 13.5 Å². The van der Waals surface area contributed by atoms with Crippen molar-refractivity contribution >= 4 is 5.97 Å². The Morgan fingerprint density at radius 3 is 2.46 bits per heavy atom. The number of methoxy groups -OCH3 is 2. The summed E-state index contributed by atoms with van der Waals surface area (Å²) >= 11 is 0. The number of carbonyl (C=O) groups excluding carboxylic acids is 1. The van der Waals surface area contributed by atoms with E-state index in [4.69, 9.17) is 37.9 Å². The number of rotatable bonds is 21. The summed E-state index contributed by atoms with van der Waals surface area (Å²) in [6.07, 6.45) is 3.51. The third-order valence-electron chi connectivity index (χ3n) is 5.68. The van der Waals surface area contributed by atoms with Gasteiger partial charge in [0.1, 0.15) is 18.1 Å². The Kier molecular flexibility index (Phi) is 15.5. The van der Waals surface area contributed by atoms with Gasteiger partial charge in [0.15, 0.2) is 18.3 Å². The van der Waals surface area contributed by atoms with Gasteiger partial charge in [-0.2, -0.15) is 0 Å². The van der Waals surface area contributed by atoms with Crippen molar-refractivity contribution in [3.05, 3.63) is 60.2 Å². The summed E-state index contributed by atoms with van der Waals surface area (Å²) in [4.78, 5) is 11.2. The van der Waals surface area contributed by atoms with Crippen molar-refractivity contribution in [1.82, 2.24) is 0 Å². The average Bonchev–Trinajstić information content (AvgIpc) is 2.96. The Balaban J connectivity index is 1.96. The molecule has 2 aromatic carbocycles. The van der Waals surface area contributed by atoms with E-state index in [-0.39, 0.29) is 26.1 Å². The Hall–Kier alpha value is -3.27. The molecule has 0 radical (unpaired) electrons. The molecule has 0 aromatic heterocycles. The fraction of sp³-hybridized carbons (Fsp3) is 0.500. The van der Waals surface area contributed by atoms with Crippen molar-refractivity contribution in [2.75, 3.05) is 60.7 Å². The van der Waals surface area contributed by atoms with Gasteiger partial charge >= 0.3 is 5.97 Å². The van der Waals surface area contributed by atoms with Crippen LogP contribution in [0.25, 0.3) is 0 Å². The molecule has 216 valence electrons. The zero-order valence-electron chi connectivity index (χ0n) is 23.6. The van der Waals surface area contributed by atoms with Crippen molar-refractivity contribution < 1.29 is 42.7 Å². The minimum Gasteiger partial charge on any atom is -0.496 e. The Bertz CT molecular complexity index is 992. The third kappa shape index (κ3) is 12.0. The smallest absolute Gasteiger partial charge is 0.330 e. The second-order valence-corrected chi connectivity index (χ2v) is 8.53. The number of hydrogen-bond acceptors (Lipinski definition) is 9. The van der Waals surface area contributed by atoms with E-state index in [9.17, 15) is 4.79 Å². The molecule has 0 heterocycles. The normalized spacial score (nSPS) is 11.5. The van der Waals surface area contributed by atoms with Crippen LogP contribution in [-0.4, -0.2) is 66.6 Å². The first kappa shape index (κ1) is 31.9. The topological polar surface area (TPSA) is 90.9 Å². The third-order valence-corrected chi connectivity index (χ3v) is 5.68. The van der Waals surface area contributed by atoms with Crippen LogP contribution in [0.5, 0.6) is 23.0 Å². The largest absolute Gasteiger partial charge is 0.496 e. The summed E-state index contributed by atoms with van der Waals surface area (Å²) in [5.74, 6) is 2.23. The molecule has 0 spiro atoms. The van der Waals surface area contributed by atoms with Gasteiger partial charge in [-0.1, -0.05) is 32.1 Å². The van der Waals surface area contributed by atoms with Crippen LogP contribution in [0.4, 0.5) is 0 Å². The molecular formula is C30H42O9. The van der Waals surface area contributed by atoms with Crippen molar-refractivity contribution in [1.29, 1.82) is 0 Å². The summed E-state index contributed by atoms with van der Waals surface area (Å²) in [7, 11) is 3.25. The summed E-state index contributed by atoms with van der Waals surface area (Å²) in [6, 6.07) is 11.5. The van der Waals surface area contributed by atoms with Gasteiger partial charge < -0.3 is 37.9 Å². The quantitative estimate of drug-likeness (QED) is 0.0895. The van der Waals surface area contributed by atoms with Crippen LogP contribution < -0.4 is 18.9 Å². The maximum absolute atomic E-state index is 11.2. The Morgan fingerprint density at radius 2 is 1.72 bits per heavy atom. The van der Waals surface area contributed by atoms with E-state index < -0.39 is 5.97 Å². The van der Waals surface area contributed by atoms with E-state index >= 15 is 0 Å². The van der Waals surface area contributed by atoms with E-state index in [0.29, 0.717) is 55.8 Å². The highest BCUT2D eigenvalue weighted by Crippen LogP contribution is 2.32. The summed E-state index contributed by atoms with van der Waals surface area (Å²) in [5.41, 5.74) is 1.93. The average molecular weight is 547 g/mol. The minimum absolute atomic E-state index is 0.137. The van der Waals surface area contributed by atoms with Gasteiger partial charge in [-0.25, -0.2) is 4.79 Å². The zero-order chi connectivity index (χ0) is 28.3. The molecule has 0 aliphatic rings. The highest BCUT2D eigenvalue weighted by molar-refractivity contribution is 5.81. The number of benzene rings is 2. The van der Waals surface area contributed by atoms with E-state index in [0.717, 1.165) is 30.0 Å². The van der Waals surface area contributed by atoms with Crippen molar-refractivity contribution in [2.24, 2.45) is 0 Å². The van der Waals surface area contributed by atoms with Crippen LogP contribution >= 0.6 is 0 Å². The molecule has 2 rings (SSSR count). The molecule has 1 atom stereocenters. The van der Waals surface area contributed by atoms with Crippen LogP contribution in [0.15, 0.2) is 49.1 Å². The minimum atomic E-state index is -0.468. The molecule has 2 aromatic rings. The molecule has 0 bridgehead atoms. The van der Waals surface area contributed by atoms with E-state index in [1.54, 1.807) is 14.2 Å². The Morgan fingerprint density at radius 1 is 0.897 bits per heavy atom. The monoisotopic (exact) mass is 546 g/mol. The van der Waals surface area contributed by atoms with E-state index in [1.165, 1.54) is 0 Å². The molecule has 39 heavy (non-hydrogen) atoms. The number of unbranched alkanes of at least 4 members (excludes halogenated alkanes) is 1. The van der Waals surface area contributed by atoms with Crippen LogP contribution in [-0.2, 0) is 30.2 Å². The molecule has 0 saturated heterocycles. The van der Waals surface area contributed by atoms with Gasteiger partial charge in [0.2, 0.25) is 0 Å². The fourth-order valence-electron chi connectivity index (χ4n) is 3.46. The second kappa shape index (κ2) is 18.9. The fourth-order valence-corrected chi connectivity index (χ4v) is 3.46. The Labute approximate surface area is 231 Å². The van der Waals surface area contributed by atoms with Gasteiger partial charge in [0.25, 0.3) is 0 Å². The van der Waals surface area contributed by atoms with Crippen LogP contribution in [0.1, 0.15) is 43.9 Å². The predicted molar refractivity (Wildman–Crippen MR) is 148 cm³/mol. The molecule has 0 amide bonds. The maximum atomic E-state index is 11.2. The van der Waals surface area contributed by atoms with Crippen molar-refractivity contribution in [2.45, 2.75) is 39.2 Å². The van der Waals surface area contributed by atoms with Gasteiger partial charge in [-0.15, -0.1) is 0 Å². The van der Waals surface area contributed by atoms with Gasteiger partial charge in [0.05, 0.1) is 46.2 Å². The molecule has 0 N–H and O–H groups in total. The standard InChI is InChI=1S/C30H42O9/c1-6-8-14-36-29-20-25(23(3)35-18-19-38-30(31)7-2)10-12-27(29)37-15-13-24-9-11-26(21-28(24)33-5)39-22-34-17-16-32-4/h7,9-12,20-21,23H,2,6,8,13-19,22H2,1,3-5H3. The first-order chi connectivity index (χ1) is 19.0. The second-order valence-electron chi connectivity index (χ2n) is 8.53. The molecule has 0 saturated carbocycles. The maximum Gasteiger partial charge on any atom is 0.330 e. The number of carbonyl (C=O) groups is 1. The number of hydrogen-bond donors (Lipinski definition) is 0. The molecule has 0 fully saturated rings. The highest BCUT2D eigenvalue weighted by Gasteiger charge is 2.13. The number of ether oxygens (including phenoxy) is 8. The lowest BCUT2D eigenvalue weighted by molar-refractivity contribution is -0.139. The lowest BCUT2D eigenvalue weighted by Crippen LogP contribution is -2.11. The van der Waals surface area contributed by atoms with Crippen LogP contribution in [0.2, 0.25) is 0 Å². The van der Waals surface area contributed by atoms with Crippen molar-refractivity contribution in [3.8, 4) is 23.0 Å². The van der Waals surface area contributed by atoms with Gasteiger partial charge in [0, 0.05) is 25.7 Å². The zero-order valence-corrected chi connectivity index (χ0v) is 23.6. The lowest BCUT2D eigenvalue weighted by atomic mass is 10.1. The predicted octanol–water partition coefficient (Wildman–Crippen LogP) is 5.30. The number of esters is 1. The van der Waals surface area contributed by atoms with Crippen LogP contribution in [0.3, 0.4) is 0 Å². The molecule has 9 heteroatoms. The van der Waals surface area contributed by atoms with Gasteiger partial charge in [-0.3, -0.25) is 0 Å². The molecule has 0 aliphatic carbocycles. The summed E-state index contributed by atoms with van der Waals surface area (Å²) in [6.45, 7) is 10.0. The molecule has 9 nitrogen and oxygen atoms in total. The first-order valence-corrected chi connectivity index (χ1v) is 13.2. The molecule has 1 unspecified atom stereocenters. The van der Waals surface area contributed by atoms with E-state index in [1.807, 2.05) is 43.3 Å². The highest BCUT2D eigenvalue weighted by atomic mass is 16.7. The van der Waals surface area contributed by atoms with Gasteiger partial charge in [-0.05, 0) is 42.7 Å². The van der Waals surface area contributed by atoms with Crippen LogP contribution in [0, 0.1) is 0 Å². The summed E-state index contributed by atoms with van der Waals surface area (Å²) < 4.78 is 44.4.